The number of nitrogens with one attached hydrogen (secondary N) is 1. The molecule has 0 aliphatic carbocycles. The van der Waals surface area contributed by atoms with Crippen LogP contribution in [0.25, 0.3) is 0 Å². The van der Waals surface area contributed by atoms with Crippen LogP contribution in [0.3, 0.4) is 0 Å². The van der Waals surface area contributed by atoms with Crippen LogP contribution in [0, 0.1) is 0 Å². The lowest BCUT2D eigenvalue weighted by Crippen LogP contribution is -2.30. The summed E-state index contributed by atoms with van der Waals surface area (Å²) in [4.78, 5) is 0. The molecule has 0 radical (unpaired) electrons. The summed E-state index contributed by atoms with van der Waals surface area (Å²) in [6.45, 7) is 2.52. The van der Waals surface area contributed by atoms with E-state index in [2.05, 4.69) is 24.4 Å². The van der Waals surface area contributed by atoms with Gasteiger partial charge in [0, 0.05) is 30.7 Å². The molecule has 0 heterocycles. The average Bonchev–Trinajstić information content (AvgIpc) is 2.57. The fourth-order valence-corrected chi connectivity index (χ4v) is 2.42. The molecule has 122 valence electrons. The number of aromatic hydroxyl groups is 1. The molecule has 0 spiro atoms. The van der Waals surface area contributed by atoms with Crippen molar-refractivity contribution >= 4 is 0 Å². The molecule has 0 fully saturated rings. The van der Waals surface area contributed by atoms with Crippen LogP contribution < -0.4 is 16.8 Å². The zero-order chi connectivity index (χ0) is 16.7. The fourth-order valence-electron chi connectivity index (χ4n) is 2.42. The summed E-state index contributed by atoms with van der Waals surface area (Å²) < 4.78 is 0. The normalized spacial score (nSPS) is 14.3. The molecule has 0 saturated heterocycles. The van der Waals surface area contributed by atoms with Crippen LogP contribution in [0.15, 0.2) is 66.4 Å². The van der Waals surface area contributed by atoms with E-state index in [4.69, 9.17) is 11.5 Å². The summed E-state index contributed by atoms with van der Waals surface area (Å²) in [6, 6.07) is 17.4. The van der Waals surface area contributed by atoms with Gasteiger partial charge in [0.05, 0.1) is 0 Å². The van der Waals surface area contributed by atoms with Gasteiger partial charge in [-0.05, 0) is 36.3 Å². The first-order valence-electron chi connectivity index (χ1n) is 7.84. The molecule has 4 heteroatoms. The first-order valence-corrected chi connectivity index (χ1v) is 7.84. The summed E-state index contributed by atoms with van der Waals surface area (Å²) in [5.41, 5.74) is 15.0. The standard InChI is InChI=1S/C19H25N3O/c1-14(16-5-3-2-4-6-16)22-18(12-17(21)13-20)11-15-7-9-19(23)10-8-15/h2-10,12,14,17,22-23H,11,13,20-21H2,1H3/b18-12-. The minimum absolute atomic E-state index is 0.171. The number of nitrogens with two attached hydrogens (primary N) is 2. The highest BCUT2D eigenvalue weighted by Crippen LogP contribution is 2.17. The molecule has 2 aromatic rings. The predicted molar refractivity (Wildman–Crippen MR) is 94.9 cm³/mol. The predicted octanol–water partition coefficient (Wildman–Crippen LogP) is 2.46. The van der Waals surface area contributed by atoms with Crippen molar-refractivity contribution in [2.45, 2.75) is 25.4 Å². The minimum Gasteiger partial charge on any atom is -0.508 e. The van der Waals surface area contributed by atoms with Crippen molar-refractivity contribution in [2.75, 3.05) is 6.54 Å². The SMILES string of the molecule is CC(N/C(=C\C(N)CN)Cc1ccc(O)cc1)c1ccccc1. The Hall–Kier alpha value is -2.30. The van der Waals surface area contributed by atoms with E-state index >= 15 is 0 Å². The average molecular weight is 311 g/mol. The number of phenols is 1. The number of phenolic OH excluding ortho intramolecular Hbond substituents is 1. The van der Waals surface area contributed by atoms with Crippen LogP contribution in [0.1, 0.15) is 24.1 Å². The molecule has 2 rings (SSSR count). The first kappa shape index (κ1) is 17.1. The van der Waals surface area contributed by atoms with E-state index in [-0.39, 0.29) is 17.8 Å². The van der Waals surface area contributed by atoms with Crippen molar-refractivity contribution in [3.05, 3.63) is 77.5 Å². The molecule has 23 heavy (non-hydrogen) atoms. The molecule has 0 amide bonds. The van der Waals surface area contributed by atoms with Crippen molar-refractivity contribution < 1.29 is 5.11 Å². The van der Waals surface area contributed by atoms with Gasteiger partial charge in [-0.25, -0.2) is 0 Å². The van der Waals surface area contributed by atoms with Gasteiger partial charge in [0.2, 0.25) is 0 Å². The molecule has 2 unspecified atom stereocenters. The first-order chi connectivity index (χ1) is 11.1. The maximum Gasteiger partial charge on any atom is 0.115 e. The van der Waals surface area contributed by atoms with Crippen LogP contribution in [-0.2, 0) is 6.42 Å². The number of hydrogen-bond acceptors (Lipinski definition) is 4. The van der Waals surface area contributed by atoms with E-state index in [0.29, 0.717) is 13.0 Å². The smallest absolute Gasteiger partial charge is 0.115 e. The Balaban J connectivity index is 2.14. The van der Waals surface area contributed by atoms with Gasteiger partial charge in [-0.2, -0.15) is 0 Å². The van der Waals surface area contributed by atoms with Gasteiger partial charge in [0.15, 0.2) is 0 Å². The van der Waals surface area contributed by atoms with Crippen LogP contribution in [0.5, 0.6) is 5.75 Å². The van der Waals surface area contributed by atoms with E-state index in [9.17, 15) is 5.11 Å². The van der Waals surface area contributed by atoms with Crippen LogP contribution >= 0.6 is 0 Å². The van der Waals surface area contributed by atoms with E-state index < -0.39 is 0 Å². The van der Waals surface area contributed by atoms with Crippen LogP contribution in [0.2, 0.25) is 0 Å². The zero-order valence-corrected chi connectivity index (χ0v) is 13.4. The van der Waals surface area contributed by atoms with Gasteiger partial charge in [-0.15, -0.1) is 0 Å². The Labute approximate surface area is 137 Å². The maximum absolute atomic E-state index is 9.40. The van der Waals surface area contributed by atoms with Crippen LogP contribution in [-0.4, -0.2) is 17.7 Å². The maximum atomic E-state index is 9.40. The lowest BCUT2D eigenvalue weighted by Gasteiger charge is -2.20. The highest BCUT2D eigenvalue weighted by Gasteiger charge is 2.09. The molecule has 2 atom stereocenters. The van der Waals surface area contributed by atoms with Crippen molar-refractivity contribution in [3.8, 4) is 5.75 Å². The Bertz CT molecular complexity index is 623. The van der Waals surface area contributed by atoms with E-state index in [0.717, 1.165) is 11.3 Å². The van der Waals surface area contributed by atoms with Gasteiger partial charge < -0.3 is 21.9 Å². The van der Waals surface area contributed by atoms with E-state index in [1.54, 1.807) is 12.1 Å². The number of rotatable bonds is 7. The number of allylic oxidation sites excluding steroid dienone is 1. The van der Waals surface area contributed by atoms with Crippen molar-refractivity contribution in [2.24, 2.45) is 11.5 Å². The molecule has 0 aliphatic rings. The fraction of sp³-hybridized carbons (Fsp3) is 0.263. The zero-order valence-electron chi connectivity index (χ0n) is 13.4. The van der Waals surface area contributed by atoms with Crippen molar-refractivity contribution in [3.63, 3.8) is 0 Å². The Morgan fingerprint density at radius 2 is 1.78 bits per heavy atom. The molecule has 0 aliphatic heterocycles. The van der Waals surface area contributed by atoms with Crippen molar-refractivity contribution in [1.82, 2.24) is 5.32 Å². The molecule has 0 bridgehead atoms. The Kier molecular flexibility index (Phi) is 6.20. The van der Waals surface area contributed by atoms with E-state index in [1.807, 2.05) is 36.4 Å². The summed E-state index contributed by atoms with van der Waals surface area (Å²) in [5.74, 6) is 0.267. The lowest BCUT2D eigenvalue weighted by atomic mass is 10.0. The molecule has 0 saturated carbocycles. The summed E-state index contributed by atoms with van der Waals surface area (Å²) >= 11 is 0. The van der Waals surface area contributed by atoms with Crippen molar-refractivity contribution in [1.29, 1.82) is 0 Å². The van der Waals surface area contributed by atoms with Gasteiger partial charge in [-0.3, -0.25) is 0 Å². The number of hydrogen-bond donors (Lipinski definition) is 4. The highest BCUT2D eigenvalue weighted by atomic mass is 16.3. The topological polar surface area (TPSA) is 84.3 Å². The summed E-state index contributed by atoms with van der Waals surface area (Å²) in [7, 11) is 0. The monoisotopic (exact) mass is 311 g/mol. The molecule has 0 aromatic heterocycles. The largest absolute Gasteiger partial charge is 0.508 e. The van der Waals surface area contributed by atoms with Gasteiger partial charge in [-0.1, -0.05) is 42.5 Å². The second-order valence-corrected chi connectivity index (χ2v) is 5.71. The minimum atomic E-state index is -0.183. The third-order valence-electron chi connectivity index (χ3n) is 3.72. The molecular weight excluding hydrogens is 286 g/mol. The third kappa shape index (κ3) is 5.43. The van der Waals surface area contributed by atoms with Gasteiger partial charge >= 0.3 is 0 Å². The molecular formula is C19H25N3O. The molecule has 6 N–H and O–H groups in total. The lowest BCUT2D eigenvalue weighted by molar-refractivity contribution is 0.475. The Morgan fingerprint density at radius 3 is 2.39 bits per heavy atom. The third-order valence-corrected chi connectivity index (χ3v) is 3.72. The Morgan fingerprint density at radius 1 is 1.13 bits per heavy atom. The van der Waals surface area contributed by atoms with Crippen LogP contribution in [0.4, 0.5) is 0 Å². The van der Waals surface area contributed by atoms with E-state index in [1.165, 1.54) is 5.56 Å². The second kappa shape index (κ2) is 8.36. The van der Waals surface area contributed by atoms with Gasteiger partial charge in [0.1, 0.15) is 5.75 Å². The summed E-state index contributed by atoms with van der Waals surface area (Å²) in [5, 5.41) is 12.9. The second-order valence-electron chi connectivity index (χ2n) is 5.71. The number of benzene rings is 2. The quantitative estimate of drug-likeness (QED) is 0.633. The highest BCUT2D eigenvalue weighted by molar-refractivity contribution is 5.29. The summed E-state index contributed by atoms with van der Waals surface area (Å²) in [6.07, 6.45) is 2.69. The molecule has 2 aromatic carbocycles. The van der Waals surface area contributed by atoms with Gasteiger partial charge in [0.25, 0.3) is 0 Å². The molecule has 4 nitrogen and oxygen atoms in total.